The van der Waals surface area contributed by atoms with Gasteiger partial charge in [0.2, 0.25) is 0 Å². The van der Waals surface area contributed by atoms with E-state index >= 15 is 0 Å². The Morgan fingerprint density at radius 3 is 2.87 bits per heavy atom. The highest BCUT2D eigenvalue weighted by Crippen LogP contribution is 2.25. The van der Waals surface area contributed by atoms with E-state index in [0.717, 1.165) is 18.3 Å². The Morgan fingerprint density at radius 1 is 1.33 bits per heavy atom. The lowest BCUT2D eigenvalue weighted by atomic mass is 9.89. The summed E-state index contributed by atoms with van der Waals surface area (Å²) in [5.74, 6) is 1.63. The molecule has 1 fully saturated rings. The van der Waals surface area contributed by atoms with Crippen molar-refractivity contribution in [3.63, 3.8) is 0 Å². The summed E-state index contributed by atoms with van der Waals surface area (Å²) in [6.45, 7) is 1.01. The molecule has 1 heterocycles. The maximum Gasteiger partial charge on any atom is 0.144 e. The summed E-state index contributed by atoms with van der Waals surface area (Å²) in [5, 5.41) is 4.06. The second-order valence-corrected chi connectivity index (χ2v) is 4.63. The van der Waals surface area contributed by atoms with E-state index in [1.165, 1.54) is 32.1 Å². The smallest absolute Gasteiger partial charge is 0.144 e. The summed E-state index contributed by atoms with van der Waals surface area (Å²) in [7, 11) is 0. The molecule has 0 aliphatic heterocycles. The topological polar surface area (TPSA) is 24.9 Å². The molecule has 3 heteroatoms. The fraction of sp³-hybridized carbons (Fsp3) is 0.583. The van der Waals surface area contributed by atoms with E-state index in [1.807, 2.05) is 12.1 Å². The second kappa shape index (κ2) is 5.36. The zero-order chi connectivity index (χ0) is 10.5. The minimum Gasteiger partial charge on any atom is -0.369 e. The first-order valence-corrected chi connectivity index (χ1v) is 6.08. The molecule has 0 unspecified atom stereocenters. The van der Waals surface area contributed by atoms with Gasteiger partial charge in [0, 0.05) is 12.7 Å². The van der Waals surface area contributed by atoms with Crippen LogP contribution < -0.4 is 5.32 Å². The molecule has 0 radical (unpaired) electrons. The van der Waals surface area contributed by atoms with Crippen molar-refractivity contribution in [2.75, 3.05) is 11.9 Å². The molecule has 15 heavy (non-hydrogen) atoms. The molecule has 1 aliphatic rings. The molecule has 0 saturated heterocycles. The summed E-state index contributed by atoms with van der Waals surface area (Å²) in [6.07, 6.45) is 8.62. The molecule has 82 valence electrons. The average molecular weight is 225 g/mol. The number of nitrogens with zero attached hydrogens (tertiary/aromatic N) is 1. The third-order valence-electron chi connectivity index (χ3n) is 3.04. The zero-order valence-corrected chi connectivity index (χ0v) is 9.63. The Morgan fingerprint density at radius 2 is 2.13 bits per heavy atom. The Bertz CT molecular complexity index is 308. The number of anilines is 1. The summed E-state index contributed by atoms with van der Waals surface area (Å²) in [5.41, 5.74) is 0. The lowest BCUT2D eigenvalue weighted by Crippen LogP contribution is -2.17. The first kappa shape index (κ1) is 10.7. The highest BCUT2D eigenvalue weighted by molar-refractivity contribution is 6.32. The van der Waals surface area contributed by atoms with E-state index in [4.69, 9.17) is 11.6 Å². The van der Waals surface area contributed by atoms with Crippen LogP contribution in [0, 0.1) is 5.92 Å². The lowest BCUT2D eigenvalue weighted by molar-refractivity contribution is 0.373. The van der Waals surface area contributed by atoms with Crippen molar-refractivity contribution in [2.24, 2.45) is 5.92 Å². The van der Waals surface area contributed by atoms with Crippen LogP contribution in [-0.4, -0.2) is 11.5 Å². The number of halogens is 1. The monoisotopic (exact) mass is 224 g/mol. The van der Waals surface area contributed by atoms with Crippen molar-refractivity contribution in [3.8, 4) is 0 Å². The summed E-state index contributed by atoms with van der Waals surface area (Å²) in [4.78, 5) is 4.22. The quantitative estimate of drug-likeness (QED) is 0.847. The van der Waals surface area contributed by atoms with Gasteiger partial charge in [-0.25, -0.2) is 4.98 Å². The van der Waals surface area contributed by atoms with Crippen molar-refractivity contribution in [2.45, 2.75) is 32.1 Å². The van der Waals surface area contributed by atoms with Crippen molar-refractivity contribution in [1.82, 2.24) is 4.98 Å². The minimum atomic E-state index is 0.716. The molecule has 1 aliphatic carbocycles. The number of nitrogens with one attached hydrogen (secondary N) is 1. The van der Waals surface area contributed by atoms with E-state index < -0.39 is 0 Å². The van der Waals surface area contributed by atoms with Gasteiger partial charge in [-0.05, 0) is 30.9 Å². The average Bonchev–Trinajstić information content (AvgIpc) is 2.29. The molecule has 1 aromatic rings. The van der Waals surface area contributed by atoms with Gasteiger partial charge >= 0.3 is 0 Å². The van der Waals surface area contributed by atoms with Crippen LogP contribution in [0.3, 0.4) is 0 Å². The van der Waals surface area contributed by atoms with Crippen molar-refractivity contribution >= 4 is 17.4 Å². The Kier molecular flexibility index (Phi) is 3.84. The normalized spacial score (nSPS) is 17.7. The van der Waals surface area contributed by atoms with Crippen LogP contribution in [0.1, 0.15) is 32.1 Å². The molecule has 0 spiro atoms. The largest absolute Gasteiger partial charge is 0.369 e. The molecular weight excluding hydrogens is 208 g/mol. The SMILES string of the molecule is Clc1cccnc1NCC1CCCCC1. The zero-order valence-electron chi connectivity index (χ0n) is 8.88. The van der Waals surface area contributed by atoms with Gasteiger partial charge in [0.05, 0.1) is 5.02 Å². The van der Waals surface area contributed by atoms with E-state index in [-0.39, 0.29) is 0 Å². The van der Waals surface area contributed by atoms with Gasteiger partial charge in [-0.2, -0.15) is 0 Å². The fourth-order valence-electron chi connectivity index (χ4n) is 2.15. The predicted molar refractivity (Wildman–Crippen MR) is 64.3 cm³/mol. The number of hydrogen-bond acceptors (Lipinski definition) is 2. The van der Waals surface area contributed by atoms with Gasteiger partial charge in [0.1, 0.15) is 5.82 Å². The third-order valence-corrected chi connectivity index (χ3v) is 3.35. The van der Waals surface area contributed by atoms with E-state index in [2.05, 4.69) is 10.3 Å². The minimum absolute atomic E-state index is 0.716. The lowest BCUT2D eigenvalue weighted by Gasteiger charge is -2.22. The Labute approximate surface area is 96.1 Å². The fourth-order valence-corrected chi connectivity index (χ4v) is 2.34. The standard InChI is InChI=1S/C12H17ClN2/c13-11-7-4-8-14-12(11)15-9-10-5-2-1-3-6-10/h4,7-8,10H,1-3,5-6,9H2,(H,14,15). The molecule has 0 amide bonds. The van der Waals surface area contributed by atoms with Gasteiger partial charge in [0.25, 0.3) is 0 Å². The molecule has 0 bridgehead atoms. The molecule has 2 nitrogen and oxygen atoms in total. The molecule has 1 saturated carbocycles. The second-order valence-electron chi connectivity index (χ2n) is 4.22. The molecule has 1 aromatic heterocycles. The Hall–Kier alpha value is -0.760. The number of aromatic nitrogens is 1. The summed E-state index contributed by atoms with van der Waals surface area (Å²) < 4.78 is 0. The summed E-state index contributed by atoms with van der Waals surface area (Å²) in [6, 6.07) is 3.73. The van der Waals surface area contributed by atoms with Crippen molar-refractivity contribution in [3.05, 3.63) is 23.4 Å². The number of pyridine rings is 1. The van der Waals surface area contributed by atoms with Gasteiger partial charge in [-0.1, -0.05) is 30.9 Å². The van der Waals surface area contributed by atoms with Gasteiger partial charge in [-0.15, -0.1) is 0 Å². The first-order chi connectivity index (χ1) is 7.36. The highest BCUT2D eigenvalue weighted by Gasteiger charge is 2.13. The highest BCUT2D eigenvalue weighted by atomic mass is 35.5. The van der Waals surface area contributed by atoms with Crippen LogP contribution in [0.2, 0.25) is 5.02 Å². The van der Waals surface area contributed by atoms with Crippen molar-refractivity contribution in [1.29, 1.82) is 0 Å². The molecule has 0 aromatic carbocycles. The molecule has 1 N–H and O–H groups in total. The molecule has 0 atom stereocenters. The maximum atomic E-state index is 6.02. The number of rotatable bonds is 3. The summed E-state index contributed by atoms with van der Waals surface area (Å²) >= 11 is 6.02. The van der Waals surface area contributed by atoms with E-state index in [1.54, 1.807) is 6.20 Å². The van der Waals surface area contributed by atoms with Gasteiger partial charge in [-0.3, -0.25) is 0 Å². The van der Waals surface area contributed by atoms with Crippen molar-refractivity contribution < 1.29 is 0 Å². The first-order valence-electron chi connectivity index (χ1n) is 5.70. The number of hydrogen-bond donors (Lipinski definition) is 1. The van der Waals surface area contributed by atoms with Crippen LogP contribution >= 0.6 is 11.6 Å². The van der Waals surface area contributed by atoms with Crippen LogP contribution in [0.25, 0.3) is 0 Å². The maximum absolute atomic E-state index is 6.02. The van der Waals surface area contributed by atoms with Crippen LogP contribution in [0.15, 0.2) is 18.3 Å². The van der Waals surface area contributed by atoms with Crippen LogP contribution in [0.4, 0.5) is 5.82 Å². The third kappa shape index (κ3) is 3.10. The van der Waals surface area contributed by atoms with Crippen LogP contribution in [0.5, 0.6) is 0 Å². The molecular formula is C12H17ClN2. The van der Waals surface area contributed by atoms with Gasteiger partial charge in [0.15, 0.2) is 0 Å². The van der Waals surface area contributed by atoms with Crippen LogP contribution in [-0.2, 0) is 0 Å². The molecule has 2 rings (SSSR count). The van der Waals surface area contributed by atoms with E-state index in [0.29, 0.717) is 5.02 Å². The van der Waals surface area contributed by atoms with E-state index in [9.17, 15) is 0 Å². The van der Waals surface area contributed by atoms with Gasteiger partial charge < -0.3 is 5.32 Å². The Balaban J connectivity index is 1.84. The predicted octanol–water partition coefficient (Wildman–Crippen LogP) is 3.73.